The molecule has 0 saturated carbocycles. The quantitative estimate of drug-likeness (QED) is 0.220. The molecule has 1 fully saturated rings. The monoisotopic (exact) mass is 564 g/mol. The van der Waals surface area contributed by atoms with Crippen molar-refractivity contribution >= 4 is 17.2 Å². The Kier molecular flexibility index (Phi) is 9.04. The molecule has 220 valence electrons. The lowest BCUT2D eigenvalue weighted by Gasteiger charge is -2.41. The topological polar surface area (TPSA) is 108 Å². The van der Waals surface area contributed by atoms with Crippen molar-refractivity contribution in [1.29, 1.82) is 0 Å². The summed E-state index contributed by atoms with van der Waals surface area (Å²) in [5.41, 5.74) is 3.42. The fourth-order valence-corrected chi connectivity index (χ4v) is 4.67. The van der Waals surface area contributed by atoms with Crippen LogP contribution in [0.1, 0.15) is 43.2 Å². The van der Waals surface area contributed by atoms with Crippen LogP contribution >= 0.6 is 0 Å². The Labute approximate surface area is 241 Å². The van der Waals surface area contributed by atoms with Gasteiger partial charge in [0.2, 0.25) is 5.82 Å². The number of hydrogen-bond acceptors (Lipinski definition) is 9. The highest BCUT2D eigenvalue weighted by Crippen LogP contribution is 2.40. The van der Waals surface area contributed by atoms with E-state index in [1.807, 2.05) is 88.0 Å². The number of methoxy groups -OCH3 is 2. The van der Waals surface area contributed by atoms with Crippen LogP contribution in [0.5, 0.6) is 11.5 Å². The van der Waals surface area contributed by atoms with E-state index in [-0.39, 0.29) is 16.0 Å². The largest absolute Gasteiger partial charge is 0.497 e. The van der Waals surface area contributed by atoms with E-state index in [4.69, 9.17) is 23.9 Å². The van der Waals surface area contributed by atoms with Crippen molar-refractivity contribution in [3.8, 4) is 11.5 Å². The van der Waals surface area contributed by atoms with Gasteiger partial charge in [0.05, 0.1) is 32.4 Å². The average molecular weight is 565 g/mol. The smallest absolute Gasteiger partial charge is 0.334 e. The summed E-state index contributed by atoms with van der Waals surface area (Å²) in [7, 11) is 3.24. The Morgan fingerprint density at radius 3 is 1.85 bits per heavy atom. The van der Waals surface area contributed by atoms with Crippen molar-refractivity contribution in [2.24, 2.45) is 5.41 Å². The molecule has 0 spiro atoms. The van der Waals surface area contributed by atoms with Gasteiger partial charge in [0.15, 0.2) is 5.79 Å². The fourth-order valence-electron chi connectivity index (χ4n) is 4.67. The minimum absolute atomic E-state index is 0.0586. The average Bonchev–Trinajstić information content (AvgIpc) is 2.95. The third-order valence-corrected chi connectivity index (χ3v) is 7.42. The number of pyridine rings is 1. The SMILES string of the molecule is COc1ccc(CN(Cc2ccc(OC)cc2)c2nc(C)c(C)c(NCC3(C)COC(C)(C)OC3)c2[N+](=O)[O-])cc1. The molecule has 1 aliphatic rings. The Morgan fingerprint density at radius 1 is 0.927 bits per heavy atom. The maximum Gasteiger partial charge on any atom is 0.334 e. The number of benzene rings is 2. The summed E-state index contributed by atoms with van der Waals surface area (Å²) in [5, 5.41) is 16.1. The third kappa shape index (κ3) is 7.25. The second-order valence-corrected chi connectivity index (χ2v) is 11.3. The Hall–Kier alpha value is -3.89. The van der Waals surface area contributed by atoms with Gasteiger partial charge in [-0.15, -0.1) is 0 Å². The van der Waals surface area contributed by atoms with E-state index in [9.17, 15) is 10.1 Å². The number of ether oxygens (including phenoxy) is 4. The van der Waals surface area contributed by atoms with Crippen LogP contribution in [-0.4, -0.2) is 49.7 Å². The number of aromatic nitrogens is 1. The summed E-state index contributed by atoms with van der Waals surface area (Å²) in [4.78, 5) is 19.1. The zero-order chi connectivity index (χ0) is 29.8. The minimum atomic E-state index is -0.648. The predicted molar refractivity (Wildman–Crippen MR) is 159 cm³/mol. The number of nitrogens with zero attached hydrogens (tertiary/aromatic N) is 3. The van der Waals surface area contributed by atoms with Gasteiger partial charge in [0.25, 0.3) is 0 Å². The Morgan fingerprint density at radius 2 is 1.41 bits per heavy atom. The number of hydrogen-bond donors (Lipinski definition) is 1. The summed E-state index contributed by atoms with van der Waals surface area (Å²) in [6.07, 6.45) is 0. The normalized spacial score (nSPS) is 15.7. The summed E-state index contributed by atoms with van der Waals surface area (Å²) < 4.78 is 22.4. The van der Waals surface area contributed by atoms with Crippen LogP contribution in [0.15, 0.2) is 48.5 Å². The number of rotatable bonds is 11. The van der Waals surface area contributed by atoms with Gasteiger partial charge < -0.3 is 29.2 Å². The first-order chi connectivity index (χ1) is 19.4. The van der Waals surface area contributed by atoms with Gasteiger partial charge in [-0.2, -0.15) is 0 Å². The molecule has 2 heterocycles. The summed E-state index contributed by atoms with van der Waals surface area (Å²) in [6, 6.07) is 15.3. The van der Waals surface area contributed by atoms with Gasteiger partial charge in [-0.3, -0.25) is 10.1 Å². The molecule has 0 radical (unpaired) electrons. The van der Waals surface area contributed by atoms with Gasteiger partial charge in [-0.1, -0.05) is 31.2 Å². The van der Waals surface area contributed by atoms with Gasteiger partial charge in [-0.25, -0.2) is 4.98 Å². The molecule has 1 aliphatic heterocycles. The molecule has 0 unspecified atom stereocenters. The van der Waals surface area contributed by atoms with Crippen molar-refractivity contribution < 1.29 is 23.9 Å². The van der Waals surface area contributed by atoms with Crippen molar-refractivity contribution in [2.45, 2.75) is 53.5 Å². The van der Waals surface area contributed by atoms with Crippen LogP contribution in [0.4, 0.5) is 17.2 Å². The number of aryl methyl sites for hydroxylation is 1. The van der Waals surface area contributed by atoms with Gasteiger partial charge >= 0.3 is 5.69 Å². The molecular weight excluding hydrogens is 524 g/mol. The van der Waals surface area contributed by atoms with Crippen LogP contribution in [0.25, 0.3) is 0 Å². The standard InChI is InChI=1S/C31H40N4O6/c1-21-22(2)33-29(28(35(36)37)27(21)32-18-31(5)19-40-30(3,4)41-20-31)34(16-23-8-12-25(38-6)13-9-23)17-24-10-14-26(39-7)15-11-24/h8-15H,16-20H2,1-7H3,(H,32,33). The fraction of sp³-hybridized carbons (Fsp3) is 0.452. The lowest BCUT2D eigenvalue weighted by molar-refractivity contribution is -0.383. The van der Waals surface area contributed by atoms with Gasteiger partial charge in [0, 0.05) is 36.3 Å². The molecule has 41 heavy (non-hydrogen) atoms. The number of nitro groups is 1. The molecule has 0 aliphatic carbocycles. The van der Waals surface area contributed by atoms with Crippen molar-refractivity contribution in [1.82, 2.24) is 4.98 Å². The maximum absolute atomic E-state index is 12.7. The van der Waals surface area contributed by atoms with Crippen LogP contribution in [0.2, 0.25) is 0 Å². The number of nitrogens with one attached hydrogen (secondary N) is 1. The van der Waals surface area contributed by atoms with Crippen LogP contribution in [-0.2, 0) is 22.6 Å². The molecule has 3 aromatic rings. The van der Waals surface area contributed by atoms with E-state index in [0.29, 0.717) is 50.0 Å². The zero-order valence-corrected chi connectivity index (χ0v) is 24.9. The molecular formula is C31H40N4O6. The molecule has 10 heteroatoms. The highest BCUT2D eigenvalue weighted by atomic mass is 16.7. The molecule has 1 saturated heterocycles. The van der Waals surface area contributed by atoms with E-state index in [1.165, 1.54) is 0 Å². The second kappa shape index (κ2) is 12.3. The maximum atomic E-state index is 12.7. The Bertz CT molecular complexity index is 1300. The molecule has 1 N–H and O–H groups in total. The molecule has 0 amide bonds. The number of anilines is 2. The molecule has 10 nitrogen and oxygen atoms in total. The van der Waals surface area contributed by atoms with E-state index in [2.05, 4.69) is 5.32 Å². The highest BCUT2D eigenvalue weighted by molar-refractivity contribution is 5.78. The molecule has 0 bridgehead atoms. The molecule has 2 aromatic carbocycles. The van der Waals surface area contributed by atoms with E-state index < -0.39 is 5.79 Å². The second-order valence-electron chi connectivity index (χ2n) is 11.3. The molecule has 1 aromatic heterocycles. The van der Waals surface area contributed by atoms with Crippen molar-refractivity contribution in [3.05, 3.63) is 81.0 Å². The van der Waals surface area contributed by atoms with Gasteiger partial charge in [0.1, 0.15) is 17.2 Å². The first-order valence-corrected chi connectivity index (χ1v) is 13.6. The summed E-state index contributed by atoms with van der Waals surface area (Å²) >= 11 is 0. The van der Waals surface area contributed by atoms with E-state index >= 15 is 0 Å². The predicted octanol–water partition coefficient (Wildman–Crippen LogP) is 6.03. The first-order valence-electron chi connectivity index (χ1n) is 13.6. The lowest BCUT2D eigenvalue weighted by Crippen LogP contribution is -2.48. The zero-order valence-electron chi connectivity index (χ0n) is 24.9. The van der Waals surface area contributed by atoms with Gasteiger partial charge in [-0.05, 0) is 63.1 Å². The van der Waals surface area contributed by atoms with Crippen molar-refractivity contribution in [3.63, 3.8) is 0 Å². The van der Waals surface area contributed by atoms with Crippen LogP contribution in [0.3, 0.4) is 0 Å². The summed E-state index contributed by atoms with van der Waals surface area (Å²) in [6.45, 7) is 11.7. The van der Waals surface area contributed by atoms with Crippen molar-refractivity contribution in [2.75, 3.05) is 44.2 Å². The molecule has 4 rings (SSSR count). The van der Waals surface area contributed by atoms with E-state index in [0.717, 1.165) is 28.2 Å². The first kappa shape index (κ1) is 30.1. The van der Waals surface area contributed by atoms with E-state index in [1.54, 1.807) is 14.2 Å². The molecule has 0 atom stereocenters. The van der Waals surface area contributed by atoms with Crippen LogP contribution < -0.4 is 19.7 Å². The minimum Gasteiger partial charge on any atom is -0.497 e. The Balaban J connectivity index is 1.73. The lowest BCUT2D eigenvalue weighted by atomic mass is 9.91. The third-order valence-electron chi connectivity index (χ3n) is 7.42. The summed E-state index contributed by atoms with van der Waals surface area (Å²) in [5.74, 6) is 1.13. The van der Waals surface area contributed by atoms with Crippen LogP contribution in [0, 0.1) is 29.4 Å². The highest BCUT2D eigenvalue weighted by Gasteiger charge is 2.38.